The highest BCUT2D eigenvalue weighted by Crippen LogP contribution is 2.41. The van der Waals surface area contributed by atoms with E-state index in [4.69, 9.17) is 0 Å². The summed E-state index contributed by atoms with van der Waals surface area (Å²) in [5.74, 6) is 0. The molecule has 1 atom stereocenters. The molecular formula is C19H29NS. The lowest BCUT2D eigenvalue weighted by Crippen LogP contribution is -2.39. The number of hydrogen-bond donors (Lipinski definition) is 1. The Labute approximate surface area is 134 Å². The molecule has 0 spiro atoms. The molecule has 0 amide bonds. The maximum Gasteiger partial charge on any atom is 0.0480 e. The molecule has 2 heteroatoms. The van der Waals surface area contributed by atoms with E-state index >= 15 is 0 Å². The van der Waals surface area contributed by atoms with Crippen LogP contribution in [0, 0.1) is 5.41 Å². The zero-order valence-corrected chi connectivity index (χ0v) is 14.3. The standard InChI is InChI=1S/C19H29NS/c1-19(2)14-8-7-13-18(19)20-16-11-5-6-12-17(16)21-15-9-3-4-10-15/h5-6,11-12,15,18,20H,3-4,7-10,13-14H2,1-2H3. The van der Waals surface area contributed by atoms with Crippen molar-refractivity contribution in [3.63, 3.8) is 0 Å². The lowest BCUT2D eigenvalue weighted by molar-refractivity contribution is 0.217. The summed E-state index contributed by atoms with van der Waals surface area (Å²) in [5.41, 5.74) is 1.79. The molecule has 1 N–H and O–H groups in total. The second-order valence-corrected chi connectivity index (χ2v) is 8.79. The van der Waals surface area contributed by atoms with E-state index in [2.05, 4.69) is 55.2 Å². The fourth-order valence-corrected chi connectivity index (χ4v) is 5.16. The minimum Gasteiger partial charge on any atom is -0.381 e. The summed E-state index contributed by atoms with van der Waals surface area (Å²) in [6, 6.07) is 9.57. The van der Waals surface area contributed by atoms with Crippen molar-refractivity contribution < 1.29 is 0 Å². The number of benzene rings is 1. The van der Waals surface area contributed by atoms with Gasteiger partial charge in [0.15, 0.2) is 0 Å². The molecule has 0 heterocycles. The van der Waals surface area contributed by atoms with E-state index in [0.717, 1.165) is 5.25 Å². The summed E-state index contributed by atoms with van der Waals surface area (Å²) in [6.07, 6.45) is 11.1. The van der Waals surface area contributed by atoms with Gasteiger partial charge in [-0.3, -0.25) is 0 Å². The zero-order valence-electron chi connectivity index (χ0n) is 13.5. The Morgan fingerprint density at radius 1 is 1.00 bits per heavy atom. The largest absolute Gasteiger partial charge is 0.381 e. The molecule has 0 radical (unpaired) electrons. The second kappa shape index (κ2) is 6.64. The smallest absolute Gasteiger partial charge is 0.0480 e. The molecule has 0 aromatic heterocycles. The van der Waals surface area contributed by atoms with Gasteiger partial charge in [-0.25, -0.2) is 0 Å². The van der Waals surface area contributed by atoms with Gasteiger partial charge in [-0.05, 0) is 43.2 Å². The van der Waals surface area contributed by atoms with E-state index in [1.165, 1.54) is 61.9 Å². The van der Waals surface area contributed by atoms with Crippen LogP contribution in [0.3, 0.4) is 0 Å². The van der Waals surface area contributed by atoms with Crippen molar-refractivity contribution in [2.45, 2.75) is 81.4 Å². The number of nitrogens with one attached hydrogen (secondary N) is 1. The van der Waals surface area contributed by atoms with Crippen molar-refractivity contribution in [1.29, 1.82) is 0 Å². The molecule has 2 saturated carbocycles. The van der Waals surface area contributed by atoms with Gasteiger partial charge in [-0.1, -0.05) is 51.7 Å². The number of thioether (sulfide) groups is 1. The van der Waals surface area contributed by atoms with Crippen molar-refractivity contribution in [3.05, 3.63) is 24.3 Å². The van der Waals surface area contributed by atoms with Gasteiger partial charge in [0.05, 0.1) is 0 Å². The molecular weight excluding hydrogens is 274 g/mol. The first kappa shape index (κ1) is 15.3. The van der Waals surface area contributed by atoms with Crippen LogP contribution in [0.25, 0.3) is 0 Å². The highest BCUT2D eigenvalue weighted by atomic mass is 32.2. The molecule has 2 aliphatic rings. The van der Waals surface area contributed by atoms with Crippen LogP contribution in [0.2, 0.25) is 0 Å². The maximum absolute atomic E-state index is 3.89. The topological polar surface area (TPSA) is 12.0 Å². The van der Waals surface area contributed by atoms with Gasteiger partial charge in [0.1, 0.15) is 0 Å². The van der Waals surface area contributed by atoms with Gasteiger partial charge in [-0.15, -0.1) is 11.8 Å². The molecule has 2 aliphatic carbocycles. The molecule has 2 fully saturated rings. The third-order valence-electron chi connectivity index (χ3n) is 5.32. The first-order valence-corrected chi connectivity index (χ1v) is 9.55. The lowest BCUT2D eigenvalue weighted by Gasteiger charge is -2.40. The third kappa shape index (κ3) is 3.77. The van der Waals surface area contributed by atoms with Crippen molar-refractivity contribution >= 4 is 17.4 Å². The highest BCUT2D eigenvalue weighted by Gasteiger charge is 2.32. The fraction of sp³-hybridized carbons (Fsp3) is 0.684. The minimum absolute atomic E-state index is 0.420. The number of para-hydroxylation sites is 1. The normalized spacial score (nSPS) is 25.9. The van der Waals surface area contributed by atoms with Crippen LogP contribution in [0.1, 0.15) is 65.2 Å². The van der Waals surface area contributed by atoms with E-state index < -0.39 is 0 Å². The first-order chi connectivity index (χ1) is 10.1. The van der Waals surface area contributed by atoms with Crippen molar-refractivity contribution in [2.75, 3.05) is 5.32 Å². The number of rotatable bonds is 4. The van der Waals surface area contributed by atoms with Crippen LogP contribution < -0.4 is 5.32 Å². The zero-order chi connectivity index (χ0) is 14.7. The van der Waals surface area contributed by atoms with E-state index in [9.17, 15) is 0 Å². The molecule has 3 rings (SSSR count). The molecule has 0 saturated heterocycles. The number of hydrogen-bond acceptors (Lipinski definition) is 2. The van der Waals surface area contributed by atoms with Gasteiger partial charge in [0.2, 0.25) is 0 Å². The Morgan fingerprint density at radius 2 is 1.71 bits per heavy atom. The fourth-order valence-electron chi connectivity index (χ4n) is 3.82. The molecule has 21 heavy (non-hydrogen) atoms. The van der Waals surface area contributed by atoms with Gasteiger partial charge >= 0.3 is 0 Å². The van der Waals surface area contributed by atoms with Crippen molar-refractivity contribution in [3.8, 4) is 0 Å². The molecule has 1 unspecified atom stereocenters. The Hall–Kier alpha value is -0.630. The average Bonchev–Trinajstić information content (AvgIpc) is 2.96. The van der Waals surface area contributed by atoms with Crippen LogP contribution in [0.4, 0.5) is 5.69 Å². The predicted molar refractivity (Wildman–Crippen MR) is 94.2 cm³/mol. The summed E-state index contributed by atoms with van der Waals surface area (Å²) >= 11 is 2.10. The lowest BCUT2D eigenvalue weighted by atomic mass is 9.73. The van der Waals surface area contributed by atoms with Gasteiger partial charge in [-0.2, -0.15) is 0 Å². The van der Waals surface area contributed by atoms with Crippen molar-refractivity contribution in [2.24, 2.45) is 5.41 Å². The van der Waals surface area contributed by atoms with Gasteiger partial charge in [0.25, 0.3) is 0 Å². The summed E-state index contributed by atoms with van der Waals surface area (Å²) in [6.45, 7) is 4.85. The van der Waals surface area contributed by atoms with Crippen LogP contribution in [-0.4, -0.2) is 11.3 Å². The Balaban J connectivity index is 1.72. The van der Waals surface area contributed by atoms with Crippen molar-refractivity contribution in [1.82, 2.24) is 0 Å². The highest BCUT2D eigenvalue weighted by molar-refractivity contribution is 8.00. The molecule has 0 bridgehead atoms. The Bertz CT molecular complexity index is 462. The van der Waals surface area contributed by atoms with Gasteiger partial charge < -0.3 is 5.32 Å². The van der Waals surface area contributed by atoms with E-state index in [1.807, 2.05) is 0 Å². The molecule has 1 aromatic carbocycles. The molecule has 1 nitrogen and oxygen atoms in total. The second-order valence-electron chi connectivity index (χ2n) is 7.45. The van der Waals surface area contributed by atoms with Crippen LogP contribution in [0.15, 0.2) is 29.2 Å². The third-order valence-corrected chi connectivity index (χ3v) is 6.73. The average molecular weight is 304 g/mol. The van der Waals surface area contributed by atoms with Crippen LogP contribution in [0.5, 0.6) is 0 Å². The Kier molecular flexibility index (Phi) is 4.83. The van der Waals surface area contributed by atoms with E-state index in [-0.39, 0.29) is 0 Å². The quantitative estimate of drug-likeness (QED) is 0.721. The summed E-state index contributed by atoms with van der Waals surface area (Å²) in [7, 11) is 0. The SMILES string of the molecule is CC1(C)CCCCC1Nc1ccccc1SC1CCCC1. The van der Waals surface area contributed by atoms with Crippen LogP contribution in [-0.2, 0) is 0 Å². The monoisotopic (exact) mass is 303 g/mol. The predicted octanol–water partition coefficient (Wildman–Crippen LogP) is 6.10. The maximum atomic E-state index is 3.89. The van der Waals surface area contributed by atoms with Crippen LogP contribution >= 0.6 is 11.8 Å². The molecule has 1 aromatic rings. The summed E-state index contributed by atoms with van der Waals surface area (Å²) < 4.78 is 0. The van der Waals surface area contributed by atoms with Gasteiger partial charge in [0, 0.05) is 21.9 Å². The number of anilines is 1. The summed E-state index contributed by atoms with van der Waals surface area (Å²) in [5, 5.41) is 4.73. The summed E-state index contributed by atoms with van der Waals surface area (Å²) in [4.78, 5) is 1.46. The Morgan fingerprint density at radius 3 is 2.48 bits per heavy atom. The first-order valence-electron chi connectivity index (χ1n) is 8.67. The van der Waals surface area contributed by atoms with E-state index in [1.54, 1.807) is 0 Å². The molecule has 0 aliphatic heterocycles. The van der Waals surface area contributed by atoms with E-state index in [0.29, 0.717) is 11.5 Å². The minimum atomic E-state index is 0.420. The molecule has 116 valence electrons.